The van der Waals surface area contributed by atoms with Crippen LogP contribution in [0.1, 0.15) is 34.7 Å². The normalized spacial score (nSPS) is 11.0. The Kier molecular flexibility index (Phi) is 30.5. The first kappa shape index (κ1) is 91.6. The van der Waals surface area contributed by atoms with Gasteiger partial charge in [-0.05, 0) is 73.9 Å². The molecule has 42 heteroatoms. The molecule has 5 N–H and O–H groups in total. The second-order valence-electron chi connectivity index (χ2n) is 28.3. The molecule has 4 aromatic carbocycles. The van der Waals surface area contributed by atoms with Crippen molar-refractivity contribution in [2.75, 3.05) is 44.5 Å². The standard InChI is InChI=1S/C14H13NO.2C11H11NO.C10H15N7O.C8H7N3O2.C7H9N3O2.C6H7N5.C6H6N4O.C6H6N4.C5H6N2O2/c1-4-6-11-9-15(3)14(16)13-10(2)7-5-8-12(11)13;1-8-3-4-9-5-6-12(2)11(13)10(9)7-8;1-8-4-3-5-9-6-7-12(2)11(13)10(8)9;1-16(2)5-12-10-13-8(15-18-4)7-9(14-10)17(3)6-11-7;1-10-5-9-7-4-6(11(12)13)2-3-8(7)10;1-10-4-5-2-3-12-9-6(5)8-7(10)11;1-11-2-4-5(7)8-3-9-6(4)10-11;1-10-3-9-4-5(10)7-2-8-6(4)11;1-10-4-9-5-2-7-3-8-6(5)10;1-6-3-2-5(4-6)7(8)9/h5,7-9H,1-3H3;2*3-7H,1-2H3;5-6H,1-4H3,(H,13,14,15);2-5H,1H3;4H,2-3H2,1H3,(H,8,9,11);2-3H,1H3,(H2,7,8,9,10);2-3H,1H3,(H,7,8,11);2-4H,1H3;2-4H,1H3. The zero-order chi connectivity index (χ0) is 91.2. The minimum atomic E-state index is -0.422. The number of aromatic amines is 1. The molecule has 0 radical (unpaired) electrons. The highest BCUT2D eigenvalue weighted by Crippen LogP contribution is 2.24. The molecule has 14 aromatic heterocycles. The van der Waals surface area contributed by atoms with Crippen LogP contribution in [0.2, 0.25) is 0 Å². The Labute approximate surface area is 716 Å². The Morgan fingerprint density at radius 2 is 1.27 bits per heavy atom. The molecule has 0 spiro atoms. The van der Waals surface area contributed by atoms with Gasteiger partial charge in [-0.1, -0.05) is 60.0 Å². The van der Waals surface area contributed by atoms with Crippen LogP contribution in [0.25, 0.3) is 87.9 Å². The Balaban J connectivity index is 0.000000147. The number of nitro groups is 2. The second kappa shape index (κ2) is 42.0. The highest BCUT2D eigenvalue weighted by Gasteiger charge is 2.16. The number of imidazole rings is 4. The lowest BCUT2D eigenvalue weighted by Gasteiger charge is -2.16. The van der Waals surface area contributed by atoms with Crippen molar-refractivity contribution >= 4 is 129 Å². The lowest BCUT2D eigenvalue weighted by molar-refractivity contribution is -0.384. The van der Waals surface area contributed by atoms with E-state index in [2.05, 4.69) is 97.7 Å². The second-order valence-corrected chi connectivity index (χ2v) is 28.3. The van der Waals surface area contributed by atoms with Crippen LogP contribution in [0.15, 0.2) is 214 Å². The maximum atomic E-state index is 12.0. The number of rotatable bonds is 6. The molecular formula is C84H91N31O11. The maximum absolute atomic E-state index is 12.0. The first-order chi connectivity index (χ1) is 60.2. The van der Waals surface area contributed by atoms with Gasteiger partial charge in [-0.15, -0.1) is 5.92 Å². The molecule has 0 unspecified atom stereocenters. The van der Waals surface area contributed by atoms with Gasteiger partial charge in [-0.25, -0.2) is 65.6 Å². The minimum Gasteiger partial charge on any atom is -0.383 e. The molecule has 18 aromatic rings. The van der Waals surface area contributed by atoms with Gasteiger partial charge in [0, 0.05) is 168 Å². The number of hydrogen-bond donors (Lipinski definition) is 4. The Hall–Kier alpha value is -16.7. The summed E-state index contributed by atoms with van der Waals surface area (Å²) in [6.07, 6.45) is 27.1. The number of benzene rings is 4. The number of aliphatic imine (C=N–C) groups is 1. The molecule has 42 nitrogen and oxygen atoms in total. The van der Waals surface area contributed by atoms with Gasteiger partial charge in [0.1, 0.15) is 24.0 Å². The summed E-state index contributed by atoms with van der Waals surface area (Å²) in [5.41, 5.74) is 22.1. The van der Waals surface area contributed by atoms with Crippen molar-refractivity contribution in [1.82, 2.24) is 121 Å². The zero-order valence-corrected chi connectivity index (χ0v) is 72.0. The number of nitro benzene ring substituents is 1. The monoisotopic (exact) mass is 1710 g/mol. The lowest BCUT2D eigenvalue weighted by atomic mass is 10.0. The lowest BCUT2D eigenvalue weighted by Crippen LogP contribution is -2.26. The predicted octanol–water partition coefficient (Wildman–Crippen LogP) is 8.53. The molecule has 126 heavy (non-hydrogen) atoms. The molecule has 0 bridgehead atoms. The van der Waals surface area contributed by atoms with E-state index < -0.39 is 9.85 Å². The number of fused-ring (bicyclic) bond motifs is 9. The number of aromatic nitrogens is 24. The fourth-order valence-electron chi connectivity index (χ4n) is 12.1. The third-order valence-corrected chi connectivity index (χ3v) is 18.5. The van der Waals surface area contributed by atoms with Crippen LogP contribution in [-0.2, 0) is 86.6 Å². The minimum absolute atomic E-state index is 0.0368. The van der Waals surface area contributed by atoms with Crippen molar-refractivity contribution < 1.29 is 19.5 Å². The van der Waals surface area contributed by atoms with Gasteiger partial charge in [-0.3, -0.25) is 53.8 Å². The van der Waals surface area contributed by atoms with Gasteiger partial charge in [-0.2, -0.15) is 20.1 Å². The van der Waals surface area contributed by atoms with Gasteiger partial charge in [0.05, 0.1) is 101 Å². The summed E-state index contributed by atoms with van der Waals surface area (Å²) in [4.78, 5) is 143. The molecule has 0 atom stereocenters. The summed E-state index contributed by atoms with van der Waals surface area (Å²) in [5, 5.41) is 30.6. The van der Waals surface area contributed by atoms with Crippen molar-refractivity contribution in [2.45, 2.75) is 34.1 Å². The third kappa shape index (κ3) is 23.1. The van der Waals surface area contributed by atoms with E-state index >= 15 is 0 Å². The van der Waals surface area contributed by atoms with Crippen molar-refractivity contribution in [3.8, 4) is 11.8 Å². The van der Waals surface area contributed by atoms with E-state index in [9.17, 15) is 44.2 Å². The van der Waals surface area contributed by atoms with Gasteiger partial charge in [0.2, 0.25) is 0 Å². The van der Waals surface area contributed by atoms with Crippen molar-refractivity contribution in [1.29, 1.82) is 0 Å². The number of aryl methyl sites for hydroxylation is 13. The smallest absolute Gasteiger partial charge is 0.349 e. The molecule has 0 aliphatic carbocycles. The van der Waals surface area contributed by atoms with Gasteiger partial charge >= 0.3 is 5.69 Å². The molecule has 648 valence electrons. The zero-order valence-electron chi connectivity index (χ0n) is 72.0. The number of nitrogen functional groups attached to an aromatic ring is 1. The number of H-pyrrole nitrogens is 1. The summed E-state index contributed by atoms with van der Waals surface area (Å²) in [5.74, 6) is 7.77. The number of nitrogens with two attached hydrogens (primary N) is 1. The van der Waals surface area contributed by atoms with E-state index in [4.69, 9.17) is 15.4 Å². The van der Waals surface area contributed by atoms with Crippen LogP contribution < -0.4 is 44.6 Å². The van der Waals surface area contributed by atoms with Gasteiger partial charge in [0.25, 0.3) is 39.6 Å². The largest absolute Gasteiger partial charge is 0.383 e. The summed E-state index contributed by atoms with van der Waals surface area (Å²) in [6, 6.07) is 27.7. The maximum Gasteiger partial charge on any atom is 0.349 e. The van der Waals surface area contributed by atoms with Crippen molar-refractivity contribution in [2.24, 2.45) is 75.5 Å². The average molecular weight is 1710 g/mol. The number of non-ortho nitro benzene ring substituents is 1. The number of nitrogens with zero attached hydrogens (tertiary/aromatic N) is 27. The first-order valence-electron chi connectivity index (χ1n) is 38.1. The van der Waals surface area contributed by atoms with Crippen LogP contribution in [0.3, 0.4) is 0 Å². The fourth-order valence-corrected chi connectivity index (χ4v) is 12.1. The summed E-state index contributed by atoms with van der Waals surface area (Å²) >= 11 is 0. The van der Waals surface area contributed by atoms with Crippen LogP contribution >= 0.6 is 0 Å². The van der Waals surface area contributed by atoms with Gasteiger partial charge < -0.3 is 56.7 Å². The molecule has 15 heterocycles. The van der Waals surface area contributed by atoms with Crippen molar-refractivity contribution in [3.63, 3.8) is 0 Å². The third-order valence-electron chi connectivity index (χ3n) is 18.5. The molecule has 0 saturated heterocycles. The number of pyridine rings is 3. The van der Waals surface area contributed by atoms with Crippen LogP contribution in [0.5, 0.6) is 0 Å². The molecule has 0 amide bonds. The van der Waals surface area contributed by atoms with Crippen LogP contribution in [0, 0.1) is 52.8 Å². The predicted molar refractivity (Wildman–Crippen MR) is 481 cm³/mol. The molecule has 1 aliphatic heterocycles. The van der Waals surface area contributed by atoms with E-state index in [1.54, 1.807) is 167 Å². The average Bonchev–Trinajstić information content (AvgIpc) is 1.38. The molecule has 0 fully saturated rings. The topological polar surface area (TPSA) is 488 Å². The van der Waals surface area contributed by atoms with Gasteiger partial charge in [0.15, 0.2) is 45.3 Å². The number of nitrogens with one attached hydrogen (secondary N) is 3. The Bertz CT molecular complexity index is 7370. The molecule has 1 aliphatic rings. The number of hydrogen-bond acceptors (Lipinski definition) is 28. The summed E-state index contributed by atoms with van der Waals surface area (Å²) < 4.78 is 16.7. The van der Waals surface area contributed by atoms with Crippen LogP contribution in [0.4, 0.5) is 34.8 Å². The van der Waals surface area contributed by atoms with E-state index in [0.29, 0.717) is 63.5 Å². The highest BCUT2D eigenvalue weighted by atomic mass is 16.6. The van der Waals surface area contributed by atoms with E-state index in [0.717, 1.165) is 88.6 Å². The Morgan fingerprint density at radius 3 is 1.94 bits per heavy atom. The first-order valence-corrected chi connectivity index (χ1v) is 38.1. The molecular weight excluding hydrogens is 1620 g/mol. The SMILES string of the molecule is CC#Cc1cn(C)c(=O)c2c(C)cccc12.CONc1nc(N=CN(C)C)nc2c1ncn2C.Cc1ccc2ccn(C)c(=O)c2c1.Cc1cccc2ccn(C)c(=O)c12.Cn1cc2c(N)ncnc2n1.Cn1cc2c(nc1=O)NOCC2.Cn1ccc([N+](=O)[O-])c1.Cn1cnc2c(=O)[nH]cnc21.Cn1cnc2cc([N+](=O)[O-])ccc21.Cn1cnc2cncnc21. The van der Waals surface area contributed by atoms with E-state index in [-0.39, 0.29) is 39.3 Å². The molecule has 0 saturated carbocycles. The summed E-state index contributed by atoms with van der Waals surface area (Å²) in [6.45, 7) is 8.32. The fraction of sp³-hybridized carbons (Fsp3) is 0.226. The number of anilines is 3. The quantitative estimate of drug-likeness (QED) is 0.0398. The van der Waals surface area contributed by atoms with E-state index in [1.807, 2.05) is 139 Å². The highest BCUT2D eigenvalue weighted by molar-refractivity contribution is 5.90. The van der Waals surface area contributed by atoms with Crippen LogP contribution in [-0.4, -0.2) is 165 Å². The van der Waals surface area contributed by atoms with E-state index in [1.165, 1.54) is 55.1 Å². The molecule has 19 rings (SSSR count). The Morgan fingerprint density at radius 1 is 0.603 bits per heavy atom. The van der Waals surface area contributed by atoms with Crippen molar-refractivity contribution in [3.05, 3.63) is 285 Å². The summed E-state index contributed by atoms with van der Waals surface area (Å²) in [7, 11) is 23.2.